The molecule has 1 aromatic heterocycles. The molecular weight excluding hydrogens is 228 g/mol. The monoisotopic (exact) mass is 252 g/mol. The summed E-state index contributed by atoms with van der Waals surface area (Å²) in [5.41, 5.74) is 7.65. The molecule has 1 atom stereocenters. The van der Waals surface area contributed by atoms with Gasteiger partial charge in [-0.3, -0.25) is 9.89 Å². The zero-order valence-electron chi connectivity index (χ0n) is 11.7. The van der Waals surface area contributed by atoms with Crippen LogP contribution in [0.5, 0.6) is 0 Å². The number of nitrogens with zero attached hydrogens (tertiary/aromatic N) is 1. The number of hydrogen-bond donors (Lipinski definition) is 3. The van der Waals surface area contributed by atoms with Crippen molar-refractivity contribution in [1.82, 2.24) is 10.2 Å². The lowest BCUT2D eigenvalue weighted by molar-refractivity contribution is -0.117. The number of aromatic amines is 1. The zero-order chi connectivity index (χ0) is 13.7. The molecular formula is C13H24N4O. The number of hydrogen-bond acceptors (Lipinski definition) is 3. The average molecular weight is 252 g/mol. The van der Waals surface area contributed by atoms with Crippen molar-refractivity contribution in [2.75, 3.05) is 11.9 Å². The first kappa shape index (κ1) is 14.7. The van der Waals surface area contributed by atoms with Crippen LogP contribution in [0, 0.1) is 25.7 Å². The number of aryl methyl sites for hydroxylation is 1. The highest BCUT2D eigenvalue weighted by molar-refractivity contribution is 5.90. The van der Waals surface area contributed by atoms with Crippen molar-refractivity contribution in [3.63, 3.8) is 0 Å². The van der Waals surface area contributed by atoms with Crippen molar-refractivity contribution in [2.24, 2.45) is 17.6 Å². The molecule has 1 aromatic rings. The van der Waals surface area contributed by atoms with Gasteiger partial charge >= 0.3 is 0 Å². The highest BCUT2D eigenvalue weighted by atomic mass is 16.1. The Balaban J connectivity index is 2.53. The van der Waals surface area contributed by atoms with Gasteiger partial charge in [-0.1, -0.05) is 13.8 Å². The Kier molecular flexibility index (Phi) is 5.34. The van der Waals surface area contributed by atoms with Gasteiger partial charge in [-0.05, 0) is 38.6 Å². The van der Waals surface area contributed by atoms with Crippen molar-refractivity contribution in [1.29, 1.82) is 0 Å². The first-order valence-electron chi connectivity index (χ1n) is 6.45. The Bertz CT molecular complexity index is 398. The minimum Gasteiger partial charge on any atom is -0.330 e. The van der Waals surface area contributed by atoms with E-state index in [2.05, 4.69) is 29.4 Å². The summed E-state index contributed by atoms with van der Waals surface area (Å²) in [7, 11) is 0. The lowest BCUT2D eigenvalue weighted by atomic mass is 9.94. The van der Waals surface area contributed by atoms with Crippen LogP contribution in [0.1, 0.15) is 37.9 Å². The van der Waals surface area contributed by atoms with E-state index in [1.165, 1.54) is 0 Å². The first-order chi connectivity index (χ1) is 8.43. The molecule has 0 fully saturated rings. The van der Waals surface area contributed by atoms with Crippen molar-refractivity contribution in [3.8, 4) is 0 Å². The number of nitrogens with two attached hydrogens (primary N) is 1. The summed E-state index contributed by atoms with van der Waals surface area (Å²) < 4.78 is 0. The molecule has 4 N–H and O–H groups in total. The normalized spacial score (nSPS) is 12.8. The predicted octanol–water partition coefficient (Wildman–Crippen LogP) is 1.98. The van der Waals surface area contributed by atoms with Crippen molar-refractivity contribution in [3.05, 3.63) is 11.3 Å². The molecule has 1 heterocycles. The molecule has 0 aliphatic heterocycles. The summed E-state index contributed by atoms with van der Waals surface area (Å²) in [4.78, 5) is 11.9. The molecule has 102 valence electrons. The van der Waals surface area contributed by atoms with E-state index in [4.69, 9.17) is 5.73 Å². The van der Waals surface area contributed by atoms with E-state index in [0.717, 1.165) is 17.7 Å². The van der Waals surface area contributed by atoms with Crippen LogP contribution < -0.4 is 11.1 Å². The summed E-state index contributed by atoms with van der Waals surface area (Å²) >= 11 is 0. The summed E-state index contributed by atoms with van der Waals surface area (Å²) in [6.07, 6.45) is 1.43. The summed E-state index contributed by atoms with van der Waals surface area (Å²) in [5, 5.41) is 9.75. The van der Waals surface area contributed by atoms with Crippen molar-refractivity contribution >= 4 is 11.7 Å². The largest absolute Gasteiger partial charge is 0.330 e. The molecule has 0 unspecified atom stereocenters. The van der Waals surface area contributed by atoms with E-state index in [1.807, 2.05) is 13.8 Å². The van der Waals surface area contributed by atoms with Gasteiger partial charge in [-0.25, -0.2) is 0 Å². The topological polar surface area (TPSA) is 83.8 Å². The number of amides is 1. The van der Waals surface area contributed by atoms with Gasteiger partial charge in [-0.2, -0.15) is 5.10 Å². The maximum Gasteiger partial charge on any atom is 0.225 e. The molecule has 0 saturated carbocycles. The molecule has 5 heteroatoms. The maximum atomic E-state index is 11.9. The second-order valence-corrected chi connectivity index (χ2v) is 5.31. The highest BCUT2D eigenvalue weighted by Gasteiger charge is 2.16. The number of anilines is 1. The maximum absolute atomic E-state index is 11.9. The Morgan fingerprint density at radius 1 is 1.44 bits per heavy atom. The second-order valence-electron chi connectivity index (χ2n) is 5.31. The quantitative estimate of drug-likeness (QED) is 0.723. The minimum absolute atomic E-state index is 0.0132. The smallest absolute Gasteiger partial charge is 0.225 e. The summed E-state index contributed by atoms with van der Waals surface area (Å²) in [5.74, 6) is 1.41. The van der Waals surface area contributed by atoms with Crippen LogP contribution in [0.15, 0.2) is 0 Å². The van der Waals surface area contributed by atoms with E-state index in [0.29, 0.717) is 24.7 Å². The van der Waals surface area contributed by atoms with E-state index < -0.39 is 0 Å². The molecule has 5 nitrogen and oxygen atoms in total. The third-order valence-corrected chi connectivity index (χ3v) is 3.12. The molecule has 0 aliphatic rings. The SMILES string of the molecule is Cc1[nH]nc(NC(=O)C[C@@H](CN)CC(C)C)c1C. The van der Waals surface area contributed by atoms with Gasteiger partial charge in [0.25, 0.3) is 0 Å². The van der Waals surface area contributed by atoms with Crippen molar-refractivity contribution in [2.45, 2.75) is 40.5 Å². The number of nitrogens with one attached hydrogen (secondary N) is 2. The standard InChI is InChI=1S/C13H24N4O/c1-8(2)5-11(7-14)6-12(18)15-13-9(3)10(4)16-17-13/h8,11H,5-7,14H2,1-4H3,(H2,15,16,17,18)/t11-/m0/s1. The molecule has 0 bridgehead atoms. The second kappa shape index (κ2) is 6.54. The molecule has 1 amide bonds. The van der Waals surface area contributed by atoms with Crippen molar-refractivity contribution < 1.29 is 4.79 Å². The molecule has 1 rings (SSSR count). The molecule has 0 saturated heterocycles. The minimum atomic E-state index is -0.0132. The van der Waals surface area contributed by atoms with E-state index in [-0.39, 0.29) is 11.8 Å². The molecule has 0 aliphatic carbocycles. The number of carbonyl (C=O) groups excluding carboxylic acids is 1. The number of carbonyl (C=O) groups is 1. The Morgan fingerprint density at radius 2 is 2.11 bits per heavy atom. The van der Waals surface area contributed by atoms with E-state index in [1.54, 1.807) is 0 Å². The van der Waals surface area contributed by atoms with E-state index >= 15 is 0 Å². The fourth-order valence-electron chi connectivity index (χ4n) is 1.98. The van der Waals surface area contributed by atoms with Gasteiger partial charge in [0.15, 0.2) is 5.82 Å². The van der Waals surface area contributed by atoms with E-state index in [9.17, 15) is 4.79 Å². The number of aromatic nitrogens is 2. The summed E-state index contributed by atoms with van der Waals surface area (Å²) in [6, 6.07) is 0. The average Bonchev–Trinajstić information content (AvgIpc) is 2.59. The van der Waals surface area contributed by atoms with Gasteiger partial charge in [0.1, 0.15) is 0 Å². The molecule has 0 spiro atoms. The van der Waals surface area contributed by atoms with Crippen LogP contribution in [0.3, 0.4) is 0 Å². The summed E-state index contributed by atoms with van der Waals surface area (Å²) in [6.45, 7) is 8.69. The van der Waals surface area contributed by atoms with Gasteiger partial charge < -0.3 is 11.1 Å². The highest BCUT2D eigenvalue weighted by Crippen LogP contribution is 2.17. The van der Waals surface area contributed by atoms with Crippen LogP contribution in [-0.4, -0.2) is 22.6 Å². The van der Waals surface area contributed by atoms with Crippen LogP contribution in [0.4, 0.5) is 5.82 Å². The van der Waals surface area contributed by atoms with Gasteiger partial charge in [-0.15, -0.1) is 0 Å². The van der Waals surface area contributed by atoms with Crippen LogP contribution in [-0.2, 0) is 4.79 Å². The molecule has 18 heavy (non-hydrogen) atoms. The molecule has 0 radical (unpaired) electrons. The Hall–Kier alpha value is -1.36. The third-order valence-electron chi connectivity index (χ3n) is 3.12. The fourth-order valence-corrected chi connectivity index (χ4v) is 1.98. The number of rotatable bonds is 6. The third kappa shape index (κ3) is 4.14. The fraction of sp³-hybridized carbons (Fsp3) is 0.692. The van der Waals surface area contributed by atoms with Crippen LogP contribution in [0.2, 0.25) is 0 Å². The molecule has 0 aromatic carbocycles. The Labute approximate surface area is 109 Å². The Morgan fingerprint density at radius 3 is 2.56 bits per heavy atom. The predicted molar refractivity (Wildman–Crippen MR) is 73.3 cm³/mol. The van der Waals surface area contributed by atoms with Crippen LogP contribution in [0.25, 0.3) is 0 Å². The van der Waals surface area contributed by atoms with Gasteiger partial charge in [0.05, 0.1) is 0 Å². The lowest BCUT2D eigenvalue weighted by Gasteiger charge is -2.16. The van der Waals surface area contributed by atoms with Crippen LogP contribution >= 0.6 is 0 Å². The van der Waals surface area contributed by atoms with Gasteiger partial charge in [0.2, 0.25) is 5.91 Å². The van der Waals surface area contributed by atoms with Gasteiger partial charge in [0, 0.05) is 17.7 Å². The number of H-pyrrole nitrogens is 1. The zero-order valence-corrected chi connectivity index (χ0v) is 11.7. The first-order valence-corrected chi connectivity index (χ1v) is 6.45. The lowest BCUT2D eigenvalue weighted by Crippen LogP contribution is -2.23.